The number of carbonyl (C=O) groups is 2. The van der Waals surface area contributed by atoms with E-state index in [9.17, 15) is 19.0 Å². The van der Waals surface area contributed by atoms with E-state index < -0.39 is 20.0 Å². The van der Waals surface area contributed by atoms with Crippen molar-refractivity contribution in [3.05, 3.63) is 97.2 Å². The third-order valence-electron chi connectivity index (χ3n) is 12.3. The first-order chi connectivity index (χ1) is 34.9. The molecule has 0 aliphatic heterocycles. The maximum Gasteiger partial charge on any atom is 0.472 e. The smallest absolute Gasteiger partial charge is 0.456 e. The molecule has 3 unspecified atom stereocenters. The highest BCUT2D eigenvalue weighted by Gasteiger charge is 2.30. The van der Waals surface area contributed by atoms with Gasteiger partial charge in [-0.25, -0.2) is 4.57 Å². The van der Waals surface area contributed by atoms with Crippen LogP contribution in [0.5, 0.6) is 0 Å². The van der Waals surface area contributed by atoms with E-state index in [2.05, 4.69) is 111 Å². The van der Waals surface area contributed by atoms with Gasteiger partial charge in [-0.2, -0.15) is 0 Å². The van der Waals surface area contributed by atoms with Crippen LogP contribution in [0.4, 0.5) is 0 Å². The summed E-state index contributed by atoms with van der Waals surface area (Å²) in [7, 11) is 1.45. The number of unbranched alkanes of at least 4 members (excludes halogenated alkanes) is 21. The molecule has 0 saturated heterocycles. The van der Waals surface area contributed by atoms with Gasteiger partial charge in [-0.15, -0.1) is 0 Å². The van der Waals surface area contributed by atoms with Crippen molar-refractivity contribution in [3.63, 3.8) is 0 Å². The second-order valence-electron chi connectivity index (χ2n) is 20.4. The number of carbonyl (C=O) groups excluding carboxylic acids is 2. The average molecular weight is 1030 g/mol. The quantitative estimate of drug-likeness (QED) is 0.0205. The van der Waals surface area contributed by atoms with Crippen LogP contribution in [0.3, 0.4) is 0 Å². The van der Waals surface area contributed by atoms with Gasteiger partial charge < -0.3 is 19.4 Å². The molecule has 1 amide bonds. The number of hydrogen-bond donors (Lipinski definition) is 2. The van der Waals surface area contributed by atoms with Crippen molar-refractivity contribution in [2.24, 2.45) is 0 Å². The maximum absolute atomic E-state index is 13.5. The molecule has 72 heavy (non-hydrogen) atoms. The van der Waals surface area contributed by atoms with E-state index in [1.807, 2.05) is 33.3 Å². The van der Waals surface area contributed by atoms with Crippen LogP contribution >= 0.6 is 7.82 Å². The summed E-state index contributed by atoms with van der Waals surface area (Å²) >= 11 is 0. The number of likely N-dealkylation sites (N-methyl/N-ethyl adjacent to an activating group) is 1. The molecule has 2 N–H and O–H groups in total. The molecule has 0 fully saturated rings. The summed E-state index contributed by atoms with van der Waals surface area (Å²) in [6, 6.07) is -0.878. The first kappa shape index (κ1) is 68.9. The zero-order valence-corrected chi connectivity index (χ0v) is 48.0. The zero-order valence-electron chi connectivity index (χ0n) is 47.1. The molecule has 0 heterocycles. The molecule has 0 aromatic heterocycles. The van der Waals surface area contributed by atoms with Crippen LogP contribution in [0.15, 0.2) is 97.2 Å². The van der Waals surface area contributed by atoms with Crippen molar-refractivity contribution in [1.29, 1.82) is 0 Å². The number of nitrogens with zero attached hydrogens (tertiary/aromatic N) is 1. The molecule has 0 spiro atoms. The highest BCUT2D eigenvalue weighted by atomic mass is 31.2. The summed E-state index contributed by atoms with van der Waals surface area (Å²) in [5.74, 6) is -0.581. The van der Waals surface area contributed by atoms with Crippen LogP contribution in [0.25, 0.3) is 0 Å². The number of phosphoric acid groups is 1. The lowest BCUT2D eigenvalue weighted by Crippen LogP contribution is -2.47. The van der Waals surface area contributed by atoms with E-state index in [-0.39, 0.29) is 31.5 Å². The molecule has 0 rings (SSSR count). The lowest BCUT2D eigenvalue weighted by Gasteiger charge is -2.27. The van der Waals surface area contributed by atoms with Crippen LogP contribution in [-0.4, -0.2) is 74.3 Å². The third-order valence-corrected chi connectivity index (χ3v) is 13.2. The summed E-state index contributed by atoms with van der Waals surface area (Å²) in [6.45, 7) is 6.83. The molecular weight excluding hydrogens is 916 g/mol. The topological polar surface area (TPSA) is 111 Å². The van der Waals surface area contributed by atoms with Crippen molar-refractivity contribution in [1.82, 2.24) is 5.32 Å². The van der Waals surface area contributed by atoms with Gasteiger partial charge in [0.15, 0.2) is 0 Å². The number of esters is 1. The standard InChI is InChI=1S/C62H109N2O7P/c1-7-10-13-16-19-22-25-28-29-30-31-32-33-34-35-37-40-43-46-49-52-55-62(66)71-60(53-50-47-44-41-38-27-24-21-18-15-12-9-3)59(58-70-72(67,68)69-57-56-64(4,5)6)63-61(65)54-51-48-45-42-39-36-26-23-20-17-14-11-8-2/h10,13,19,22,28-29,31-32,34-36,39-40,43,50,53,59-60H,7-9,11-12,14-18,20-21,23-27,30,33,37-38,41-42,44-49,51-52,54-58H2,1-6H3,(H-,63,65,67,68)/p+1/b13-10-,22-19-,29-28-,32-31-,35-34-,39-36-,43-40-,53-50-. The molecule has 0 aliphatic carbocycles. The Morgan fingerprint density at radius 2 is 0.889 bits per heavy atom. The lowest BCUT2D eigenvalue weighted by atomic mass is 10.1. The van der Waals surface area contributed by atoms with Gasteiger partial charge in [-0.05, 0) is 109 Å². The fraction of sp³-hybridized carbons (Fsp3) is 0.710. The number of hydrogen-bond acceptors (Lipinski definition) is 6. The summed E-state index contributed by atoms with van der Waals surface area (Å²) in [6.07, 6.45) is 68.4. The number of nitrogens with one attached hydrogen (secondary N) is 1. The van der Waals surface area contributed by atoms with E-state index in [1.54, 1.807) is 0 Å². The Morgan fingerprint density at radius 1 is 0.500 bits per heavy atom. The number of ether oxygens (including phenoxy) is 1. The molecule has 9 nitrogen and oxygen atoms in total. The SMILES string of the molecule is CC/C=C\C/C=C\C/C=C\C/C=C\C/C=C\C/C=C\CCCCC(=O)OC(/C=C\CCCCCCCCCCCC)C(COP(=O)(O)OCC[N+](C)(C)C)NC(=O)CCCCC/C=C\CCCCCCCC. The minimum Gasteiger partial charge on any atom is -0.456 e. The second kappa shape index (κ2) is 51.4. The first-order valence-corrected chi connectivity index (χ1v) is 30.6. The molecule has 0 bridgehead atoms. The van der Waals surface area contributed by atoms with Crippen LogP contribution in [-0.2, 0) is 27.9 Å². The number of phosphoric ester groups is 1. The van der Waals surface area contributed by atoms with Crippen LogP contribution in [0, 0.1) is 0 Å². The average Bonchev–Trinajstić information content (AvgIpc) is 3.34. The van der Waals surface area contributed by atoms with Gasteiger partial charge >= 0.3 is 13.8 Å². The van der Waals surface area contributed by atoms with Gasteiger partial charge in [0.2, 0.25) is 5.91 Å². The van der Waals surface area contributed by atoms with E-state index in [0.29, 0.717) is 30.3 Å². The minimum atomic E-state index is -4.46. The molecule has 10 heteroatoms. The summed E-state index contributed by atoms with van der Waals surface area (Å²) in [4.78, 5) is 37.6. The first-order valence-electron chi connectivity index (χ1n) is 29.1. The summed E-state index contributed by atoms with van der Waals surface area (Å²) < 4.78 is 30.6. The Bertz CT molecular complexity index is 1560. The number of amides is 1. The van der Waals surface area contributed by atoms with Crippen molar-refractivity contribution in [2.45, 2.75) is 245 Å². The van der Waals surface area contributed by atoms with Gasteiger partial charge in [0.25, 0.3) is 0 Å². The van der Waals surface area contributed by atoms with Gasteiger partial charge in [0, 0.05) is 12.8 Å². The molecule has 0 aromatic rings. The van der Waals surface area contributed by atoms with Crippen molar-refractivity contribution < 1.29 is 37.3 Å². The molecule has 0 saturated carbocycles. The molecular formula is C62H110N2O7P+. The van der Waals surface area contributed by atoms with Crippen LogP contribution in [0.1, 0.15) is 233 Å². The molecule has 0 radical (unpaired) electrons. The Balaban J connectivity index is 5.42. The Labute approximate surface area is 443 Å². The Hall–Kier alpha value is -3.07. The fourth-order valence-corrected chi connectivity index (χ4v) is 8.50. The summed E-state index contributed by atoms with van der Waals surface area (Å²) in [5, 5.41) is 3.02. The van der Waals surface area contributed by atoms with Crippen molar-refractivity contribution in [3.8, 4) is 0 Å². The van der Waals surface area contributed by atoms with Crippen molar-refractivity contribution >= 4 is 19.7 Å². The highest BCUT2D eigenvalue weighted by Crippen LogP contribution is 2.43. The molecule has 0 aromatic carbocycles. The van der Waals surface area contributed by atoms with Crippen LogP contribution in [0.2, 0.25) is 0 Å². The minimum absolute atomic E-state index is 0.0261. The van der Waals surface area contributed by atoms with Crippen molar-refractivity contribution in [2.75, 3.05) is 40.9 Å². The monoisotopic (exact) mass is 1030 g/mol. The highest BCUT2D eigenvalue weighted by molar-refractivity contribution is 7.47. The number of allylic oxidation sites excluding steroid dienone is 15. The van der Waals surface area contributed by atoms with E-state index >= 15 is 0 Å². The van der Waals surface area contributed by atoms with Gasteiger partial charge in [0.05, 0.1) is 33.8 Å². The van der Waals surface area contributed by atoms with E-state index in [0.717, 1.165) is 96.3 Å². The van der Waals surface area contributed by atoms with Gasteiger partial charge in [-0.1, -0.05) is 208 Å². The normalized spacial score (nSPS) is 14.5. The predicted molar refractivity (Wildman–Crippen MR) is 309 cm³/mol. The maximum atomic E-state index is 13.5. The third kappa shape index (κ3) is 51.8. The van der Waals surface area contributed by atoms with E-state index in [1.165, 1.54) is 89.9 Å². The second-order valence-corrected chi connectivity index (χ2v) is 21.9. The number of quaternary nitrogens is 1. The predicted octanol–water partition coefficient (Wildman–Crippen LogP) is 17.6. The largest absolute Gasteiger partial charge is 0.472 e. The van der Waals surface area contributed by atoms with E-state index in [4.69, 9.17) is 13.8 Å². The summed E-state index contributed by atoms with van der Waals surface area (Å²) in [5.41, 5.74) is 0. The molecule has 414 valence electrons. The Morgan fingerprint density at radius 3 is 1.36 bits per heavy atom. The Kier molecular flexibility index (Phi) is 49.2. The zero-order chi connectivity index (χ0) is 52.9. The van der Waals surface area contributed by atoms with Gasteiger partial charge in [0.1, 0.15) is 19.3 Å². The molecule has 3 atom stereocenters. The molecule has 0 aliphatic rings. The number of rotatable bonds is 51. The van der Waals surface area contributed by atoms with Gasteiger partial charge in [-0.3, -0.25) is 18.6 Å². The fourth-order valence-electron chi connectivity index (χ4n) is 7.76. The van der Waals surface area contributed by atoms with Crippen LogP contribution < -0.4 is 5.32 Å². The lowest BCUT2D eigenvalue weighted by molar-refractivity contribution is -0.870.